The minimum absolute atomic E-state index is 0.0737. The van der Waals surface area contributed by atoms with Crippen molar-refractivity contribution in [2.45, 2.75) is 104 Å². The Bertz CT molecular complexity index is 857. The minimum atomic E-state index is -0.804. The van der Waals surface area contributed by atoms with Gasteiger partial charge >= 0.3 is 6.09 Å². The molecule has 1 aromatic carbocycles. The van der Waals surface area contributed by atoms with Gasteiger partial charge in [0, 0.05) is 11.6 Å². The SMILES string of the molecule is CCC(C)C(NC(=O)OC(C)(C)C)C(=O)N(C(C(=O)NC(C)(C)C)c1ccccc1)C1CC1C. The molecule has 2 N–H and O–H groups in total. The summed E-state index contributed by atoms with van der Waals surface area (Å²) >= 11 is 0. The zero-order valence-electron chi connectivity index (χ0n) is 22.3. The number of carbonyl (C=O) groups is 3. The second-order valence-corrected chi connectivity index (χ2v) is 11.6. The van der Waals surface area contributed by atoms with Crippen LogP contribution in [0.1, 0.15) is 86.8 Å². The lowest BCUT2D eigenvalue weighted by Crippen LogP contribution is -2.57. The number of nitrogens with one attached hydrogen (secondary N) is 2. The van der Waals surface area contributed by atoms with Crippen LogP contribution in [0.2, 0.25) is 0 Å². The molecule has 0 spiro atoms. The first-order valence-electron chi connectivity index (χ1n) is 12.3. The van der Waals surface area contributed by atoms with Crippen LogP contribution in [0.3, 0.4) is 0 Å². The zero-order chi connectivity index (χ0) is 25.8. The molecule has 34 heavy (non-hydrogen) atoms. The van der Waals surface area contributed by atoms with Crippen molar-refractivity contribution in [2.75, 3.05) is 0 Å². The van der Waals surface area contributed by atoms with Crippen molar-refractivity contribution in [3.05, 3.63) is 35.9 Å². The fourth-order valence-electron chi connectivity index (χ4n) is 3.96. The van der Waals surface area contributed by atoms with E-state index in [1.807, 2.05) is 65.0 Å². The molecule has 5 atom stereocenters. The van der Waals surface area contributed by atoms with Gasteiger partial charge in [-0.3, -0.25) is 9.59 Å². The normalized spacial score (nSPS) is 20.5. The summed E-state index contributed by atoms with van der Waals surface area (Å²) in [4.78, 5) is 42.1. The first-order valence-corrected chi connectivity index (χ1v) is 12.3. The summed E-state index contributed by atoms with van der Waals surface area (Å²) in [5.41, 5.74) is -0.396. The van der Waals surface area contributed by atoms with Gasteiger partial charge in [-0.2, -0.15) is 0 Å². The van der Waals surface area contributed by atoms with Crippen LogP contribution in [0.5, 0.6) is 0 Å². The summed E-state index contributed by atoms with van der Waals surface area (Å²) in [6.07, 6.45) is 0.868. The Balaban J connectivity index is 2.49. The summed E-state index contributed by atoms with van der Waals surface area (Å²) < 4.78 is 5.45. The number of benzene rings is 1. The van der Waals surface area contributed by atoms with Gasteiger partial charge in [-0.05, 0) is 65.4 Å². The maximum atomic E-state index is 14.1. The van der Waals surface area contributed by atoms with Gasteiger partial charge in [0.05, 0.1) is 0 Å². The van der Waals surface area contributed by atoms with Crippen LogP contribution in [0.4, 0.5) is 4.79 Å². The van der Waals surface area contributed by atoms with E-state index in [2.05, 4.69) is 17.6 Å². The summed E-state index contributed by atoms with van der Waals surface area (Å²) in [6.45, 7) is 17.1. The lowest BCUT2D eigenvalue weighted by molar-refractivity contribution is -0.145. The van der Waals surface area contributed by atoms with E-state index in [0.29, 0.717) is 6.42 Å². The molecule has 1 aromatic rings. The van der Waals surface area contributed by atoms with Crippen molar-refractivity contribution in [3.8, 4) is 0 Å². The molecule has 7 heteroatoms. The van der Waals surface area contributed by atoms with Crippen molar-refractivity contribution >= 4 is 17.9 Å². The molecule has 0 heterocycles. The molecule has 2 rings (SSSR count). The number of hydrogen-bond donors (Lipinski definition) is 2. The van der Waals surface area contributed by atoms with Gasteiger partial charge in [-0.25, -0.2) is 4.79 Å². The Morgan fingerprint density at radius 3 is 2.09 bits per heavy atom. The summed E-state index contributed by atoms with van der Waals surface area (Å²) in [7, 11) is 0. The quantitative estimate of drug-likeness (QED) is 0.567. The number of nitrogens with zero attached hydrogens (tertiary/aromatic N) is 1. The van der Waals surface area contributed by atoms with Crippen LogP contribution in [0.25, 0.3) is 0 Å². The molecule has 1 aliphatic rings. The molecule has 1 aliphatic carbocycles. The number of carbonyl (C=O) groups excluding carboxylic acids is 3. The van der Waals surface area contributed by atoms with Gasteiger partial charge < -0.3 is 20.3 Å². The zero-order valence-corrected chi connectivity index (χ0v) is 22.3. The topological polar surface area (TPSA) is 87.7 Å². The third kappa shape index (κ3) is 7.74. The fraction of sp³-hybridized carbons (Fsp3) is 0.667. The number of ether oxygens (including phenoxy) is 1. The van der Waals surface area contributed by atoms with Crippen molar-refractivity contribution in [1.29, 1.82) is 0 Å². The van der Waals surface area contributed by atoms with E-state index >= 15 is 0 Å². The highest BCUT2D eigenvalue weighted by molar-refractivity contribution is 5.93. The van der Waals surface area contributed by atoms with E-state index in [-0.39, 0.29) is 29.7 Å². The van der Waals surface area contributed by atoms with Crippen molar-refractivity contribution < 1.29 is 19.1 Å². The standard InChI is InChI=1S/C27H43N3O4/c1-10-17(2)21(28-25(33)34-27(7,8)9)24(32)30(20-16-18(20)3)22(19-14-12-11-13-15-19)23(31)29-26(4,5)6/h11-15,17-18,20-22H,10,16H2,1-9H3,(H,28,33)(H,29,31). The van der Waals surface area contributed by atoms with Gasteiger partial charge in [0.2, 0.25) is 11.8 Å². The Labute approximate surface area is 205 Å². The molecule has 0 aromatic heterocycles. The van der Waals surface area contributed by atoms with Crippen molar-refractivity contribution in [2.24, 2.45) is 11.8 Å². The first kappa shape index (κ1) is 27.7. The van der Waals surface area contributed by atoms with Crippen LogP contribution >= 0.6 is 0 Å². The van der Waals surface area contributed by atoms with Crippen molar-refractivity contribution in [3.63, 3.8) is 0 Å². The molecule has 0 aliphatic heterocycles. The van der Waals surface area contributed by atoms with Crippen LogP contribution < -0.4 is 10.6 Å². The molecule has 1 saturated carbocycles. The maximum Gasteiger partial charge on any atom is 0.408 e. The molecule has 1 fully saturated rings. The van der Waals surface area contributed by atoms with Gasteiger partial charge in [-0.15, -0.1) is 0 Å². The second-order valence-electron chi connectivity index (χ2n) is 11.6. The summed E-state index contributed by atoms with van der Waals surface area (Å²) in [6, 6.07) is 7.71. The van der Waals surface area contributed by atoms with E-state index in [4.69, 9.17) is 4.74 Å². The monoisotopic (exact) mass is 473 g/mol. The molecule has 7 nitrogen and oxygen atoms in total. The third-order valence-corrected chi connectivity index (χ3v) is 5.97. The molecular weight excluding hydrogens is 430 g/mol. The molecule has 190 valence electrons. The number of alkyl carbamates (subject to hydrolysis) is 1. The fourth-order valence-corrected chi connectivity index (χ4v) is 3.96. The highest BCUT2D eigenvalue weighted by Crippen LogP contribution is 2.41. The highest BCUT2D eigenvalue weighted by atomic mass is 16.6. The minimum Gasteiger partial charge on any atom is -0.444 e. The largest absolute Gasteiger partial charge is 0.444 e. The lowest BCUT2D eigenvalue weighted by Gasteiger charge is -2.37. The van der Waals surface area contributed by atoms with E-state index in [9.17, 15) is 14.4 Å². The molecule has 0 radical (unpaired) electrons. The van der Waals surface area contributed by atoms with Gasteiger partial charge in [-0.1, -0.05) is 57.5 Å². The van der Waals surface area contributed by atoms with E-state index in [1.165, 1.54) is 0 Å². The van der Waals surface area contributed by atoms with Crippen LogP contribution in [-0.4, -0.2) is 46.0 Å². The first-order chi connectivity index (χ1) is 15.6. The maximum absolute atomic E-state index is 14.1. The summed E-state index contributed by atoms with van der Waals surface area (Å²) in [5.74, 6) is -0.353. The van der Waals surface area contributed by atoms with Gasteiger partial charge in [0.1, 0.15) is 17.7 Å². The van der Waals surface area contributed by atoms with E-state index < -0.39 is 29.3 Å². The number of amides is 3. The molecule has 3 amide bonds. The Morgan fingerprint density at radius 2 is 1.65 bits per heavy atom. The average Bonchev–Trinajstić information content (AvgIpc) is 3.42. The smallest absolute Gasteiger partial charge is 0.408 e. The molecule has 0 saturated heterocycles. The Morgan fingerprint density at radius 1 is 1.09 bits per heavy atom. The summed E-state index contributed by atoms with van der Waals surface area (Å²) in [5, 5.41) is 5.87. The second kappa shape index (κ2) is 10.8. The highest BCUT2D eigenvalue weighted by Gasteiger charge is 2.49. The lowest BCUT2D eigenvalue weighted by atomic mass is 9.95. The van der Waals surface area contributed by atoms with Crippen LogP contribution in [-0.2, 0) is 14.3 Å². The average molecular weight is 474 g/mol. The molecule has 5 unspecified atom stereocenters. The van der Waals surface area contributed by atoms with E-state index in [1.54, 1.807) is 25.7 Å². The molecule has 0 bridgehead atoms. The third-order valence-electron chi connectivity index (χ3n) is 5.97. The van der Waals surface area contributed by atoms with Crippen LogP contribution in [0, 0.1) is 11.8 Å². The number of rotatable bonds is 8. The van der Waals surface area contributed by atoms with Gasteiger partial charge in [0.25, 0.3) is 0 Å². The van der Waals surface area contributed by atoms with Crippen molar-refractivity contribution in [1.82, 2.24) is 15.5 Å². The predicted molar refractivity (Wildman–Crippen MR) is 134 cm³/mol. The Hall–Kier alpha value is -2.57. The van der Waals surface area contributed by atoms with Crippen LogP contribution in [0.15, 0.2) is 30.3 Å². The molecular formula is C27H43N3O4. The predicted octanol–water partition coefficient (Wildman–Crippen LogP) is 4.82. The van der Waals surface area contributed by atoms with E-state index in [0.717, 1.165) is 12.0 Å². The number of hydrogen-bond acceptors (Lipinski definition) is 4. The Kier molecular flexibility index (Phi) is 8.78. The van der Waals surface area contributed by atoms with Gasteiger partial charge in [0.15, 0.2) is 0 Å².